The van der Waals surface area contributed by atoms with Crippen LogP contribution in [0, 0.1) is 12.8 Å². The molecule has 0 bridgehead atoms. The van der Waals surface area contributed by atoms with E-state index in [-0.39, 0.29) is 0 Å². The molecule has 0 saturated heterocycles. The van der Waals surface area contributed by atoms with Crippen molar-refractivity contribution in [2.75, 3.05) is 6.54 Å². The van der Waals surface area contributed by atoms with Crippen LogP contribution in [0.2, 0.25) is 0 Å². The molecule has 19 heavy (non-hydrogen) atoms. The summed E-state index contributed by atoms with van der Waals surface area (Å²) in [5.41, 5.74) is 9.69. The minimum Gasteiger partial charge on any atom is -0.330 e. The molecule has 2 atom stereocenters. The molecule has 0 spiro atoms. The van der Waals surface area contributed by atoms with Crippen LogP contribution in [0.15, 0.2) is 48.6 Å². The Morgan fingerprint density at radius 1 is 1.32 bits per heavy atom. The molecule has 1 aromatic carbocycles. The summed E-state index contributed by atoms with van der Waals surface area (Å²) in [6.45, 7) is 7.04. The molecule has 2 rings (SSSR count). The van der Waals surface area contributed by atoms with Crippen molar-refractivity contribution in [2.45, 2.75) is 38.5 Å². The SMILES string of the molecule is C=C(CCN)CC1CCC=CC1c1ccc(C)cc1. The van der Waals surface area contributed by atoms with E-state index in [1.54, 1.807) is 0 Å². The Balaban J connectivity index is 2.11. The van der Waals surface area contributed by atoms with Gasteiger partial charge in [0, 0.05) is 5.92 Å². The maximum Gasteiger partial charge on any atom is 0.00494 e. The number of rotatable bonds is 5. The first-order valence-electron chi connectivity index (χ1n) is 7.30. The number of aryl methyl sites for hydroxylation is 1. The van der Waals surface area contributed by atoms with E-state index in [0.717, 1.165) is 19.4 Å². The standard InChI is InChI=1S/C18H25N/c1-14-7-9-16(10-8-14)18-6-4-3-5-17(18)13-15(2)11-12-19/h4,6-10,17-18H,2-3,5,11-13,19H2,1H3. The second-order valence-electron chi connectivity index (χ2n) is 5.69. The number of hydrogen-bond acceptors (Lipinski definition) is 1. The van der Waals surface area contributed by atoms with Crippen LogP contribution in [0.1, 0.15) is 42.7 Å². The van der Waals surface area contributed by atoms with Crippen LogP contribution in [0.25, 0.3) is 0 Å². The zero-order chi connectivity index (χ0) is 13.7. The average Bonchev–Trinajstić information content (AvgIpc) is 2.41. The van der Waals surface area contributed by atoms with Crippen molar-refractivity contribution in [3.05, 3.63) is 59.7 Å². The van der Waals surface area contributed by atoms with Crippen LogP contribution in [0.3, 0.4) is 0 Å². The largest absolute Gasteiger partial charge is 0.330 e. The summed E-state index contributed by atoms with van der Waals surface area (Å²) >= 11 is 0. The van der Waals surface area contributed by atoms with Crippen molar-refractivity contribution in [1.29, 1.82) is 0 Å². The summed E-state index contributed by atoms with van der Waals surface area (Å²) in [5.74, 6) is 1.23. The predicted octanol–water partition coefficient (Wildman–Crippen LogP) is 4.34. The van der Waals surface area contributed by atoms with Crippen LogP contribution in [0.4, 0.5) is 0 Å². The molecule has 0 fully saturated rings. The van der Waals surface area contributed by atoms with E-state index in [1.807, 2.05) is 0 Å². The molecule has 1 aromatic rings. The smallest absolute Gasteiger partial charge is 0.00494 e. The van der Waals surface area contributed by atoms with Crippen LogP contribution >= 0.6 is 0 Å². The Morgan fingerprint density at radius 2 is 2.05 bits per heavy atom. The normalized spacial score (nSPS) is 22.4. The lowest BCUT2D eigenvalue weighted by molar-refractivity contribution is 0.421. The van der Waals surface area contributed by atoms with E-state index >= 15 is 0 Å². The molecule has 2 N–H and O–H groups in total. The highest BCUT2D eigenvalue weighted by Gasteiger charge is 2.23. The lowest BCUT2D eigenvalue weighted by Gasteiger charge is -2.29. The maximum atomic E-state index is 5.62. The highest BCUT2D eigenvalue weighted by Crippen LogP contribution is 2.37. The Morgan fingerprint density at radius 3 is 2.74 bits per heavy atom. The number of nitrogens with two attached hydrogens (primary N) is 1. The summed E-state index contributed by atoms with van der Waals surface area (Å²) < 4.78 is 0. The molecule has 1 nitrogen and oxygen atoms in total. The van der Waals surface area contributed by atoms with Gasteiger partial charge in [-0.15, -0.1) is 0 Å². The van der Waals surface area contributed by atoms with Gasteiger partial charge in [-0.3, -0.25) is 0 Å². The average molecular weight is 255 g/mol. The highest BCUT2D eigenvalue weighted by molar-refractivity contribution is 5.29. The predicted molar refractivity (Wildman–Crippen MR) is 83.2 cm³/mol. The first-order valence-corrected chi connectivity index (χ1v) is 7.30. The summed E-state index contributed by atoms with van der Waals surface area (Å²) in [7, 11) is 0. The number of benzene rings is 1. The molecular formula is C18H25N. The molecule has 0 aliphatic heterocycles. The summed E-state index contributed by atoms with van der Waals surface area (Å²) in [4.78, 5) is 0. The van der Waals surface area contributed by atoms with Crippen molar-refractivity contribution < 1.29 is 0 Å². The Bertz CT molecular complexity index is 441. The van der Waals surface area contributed by atoms with E-state index in [1.165, 1.54) is 29.5 Å². The zero-order valence-corrected chi connectivity index (χ0v) is 11.9. The minimum absolute atomic E-state index is 0.545. The molecule has 1 aliphatic carbocycles. The molecule has 102 valence electrons. The first-order chi connectivity index (χ1) is 9.20. The number of allylic oxidation sites excluding steroid dienone is 2. The third kappa shape index (κ3) is 3.81. The molecule has 0 radical (unpaired) electrons. The van der Waals surface area contributed by atoms with E-state index in [9.17, 15) is 0 Å². The van der Waals surface area contributed by atoms with Gasteiger partial charge >= 0.3 is 0 Å². The second kappa shape index (κ2) is 6.72. The molecule has 0 heterocycles. The minimum atomic E-state index is 0.545. The van der Waals surface area contributed by atoms with Gasteiger partial charge < -0.3 is 5.73 Å². The Kier molecular flexibility index (Phi) is 4.98. The molecule has 2 unspecified atom stereocenters. The van der Waals surface area contributed by atoms with Crippen molar-refractivity contribution >= 4 is 0 Å². The first kappa shape index (κ1) is 14.1. The van der Waals surface area contributed by atoms with E-state index in [2.05, 4.69) is 49.9 Å². The Labute approximate surface area is 117 Å². The summed E-state index contributed by atoms with van der Waals surface area (Å²) in [5, 5.41) is 0. The highest BCUT2D eigenvalue weighted by atomic mass is 14.5. The topological polar surface area (TPSA) is 26.0 Å². The maximum absolute atomic E-state index is 5.62. The van der Waals surface area contributed by atoms with Gasteiger partial charge in [0.15, 0.2) is 0 Å². The van der Waals surface area contributed by atoms with Crippen LogP contribution < -0.4 is 5.73 Å². The van der Waals surface area contributed by atoms with Gasteiger partial charge in [0.05, 0.1) is 0 Å². The van der Waals surface area contributed by atoms with Crippen LogP contribution in [-0.4, -0.2) is 6.54 Å². The van der Waals surface area contributed by atoms with Gasteiger partial charge in [0.1, 0.15) is 0 Å². The summed E-state index contributed by atoms with van der Waals surface area (Å²) in [6, 6.07) is 8.97. The van der Waals surface area contributed by atoms with Gasteiger partial charge in [-0.25, -0.2) is 0 Å². The molecule has 1 aliphatic rings. The lowest BCUT2D eigenvalue weighted by Crippen LogP contribution is -2.16. The van der Waals surface area contributed by atoms with Gasteiger partial charge in [-0.05, 0) is 50.6 Å². The lowest BCUT2D eigenvalue weighted by atomic mass is 9.76. The fourth-order valence-electron chi connectivity index (χ4n) is 2.97. The quantitative estimate of drug-likeness (QED) is 0.778. The monoisotopic (exact) mass is 255 g/mol. The molecule has 0 amide bonds. The van der Waals surface area contributed by atoms with E-state index in [4.69, 9.17) is 5.73 Å². The van der Waals surface area contributed by atoms with Crippen molar-refractivity contribution in [1.82, 2.24) is 0 Å². The van der Waals surface area contributed by atoms with Gasteiger partial charge in [-0.1, -0.05) is 54.1 Å². The molecular weight excluding hydrogens is 230 g/mol. The molecule has 1 heteroatoms. The number of hydrogen-bond donors (Lipinski definition) is 1. The Hall–Kier alpha value is -1.34. The van der Waals surface area contributed by atoms with Gasteiger partial charge in [0.2, 0.25) is 0 Å². The third-order valence-corrected chi connectivity index (χ3v) is 4.07. The summed E-state index contributed by atoms with van der Waals surface area (Å²) in [6.07, 6.45) is 9.24. The second-order valence-corrected chi connectivity index (χ2v) is 5.69. The fraction of sp³-hybridized carbons (Fsp3) is 0.444. The fourth-order valence-corrected chi connectivity index (χ4v) is 2.97. The van der Waals surface area contributed by atoms with E-state index < -0.39 is 0 Å². The molecule has 0 aromatic heterocycles. The van der Waals surface area contributed by atoms with Crippen molar-refractivity contribution in [3.8, 4) is 0 Å². The van der Waals surface area contributed by atoms with E-state index in [0.29, 0.717) is 11.8 Å². The van der Waals surface area contributed by atoms with Crippen molar-refractivity contribution in [2.24, 2.45) is 11.7 Å². The van der Waals surface area contributed by atoms with Crippen LogP contribution in [0.5, 0.6) is 0 Å². The van der Waals surface area contributed by atoms with Crippen LogP contribution in [-0.2, 0) is 0 Å². The van der Waals surface area contributed by atoms with Gasteiger partial charge in [0.25, 0.3) is 0 Å². The zero-order valence-electron chi connectivity index (χ0n) is 11.9. The third-order valence-electron chi connectivity index (χ3n) is 4.07. The van der Waals surface area contributed by atoms with Crippen molar-refractivity contribution in [3.63, 3.8) is 0 Å². The molecule has 0 saturated carbocycles. The van der Waals surface area contributed by atoms with Gasteiger partial charge in [-0.2, -0.15) is 0 Å².